The molecule has 1 aromatic heterocycles. The average molecular weight is 214 g/mol. The summed E-state index contributed by atoms with van der Waals surface area (Å²) < 4.78 is 2.55. The van der Waals surface area contributed by atoms with Gasteiger partial charge in [-0.1, -0.05) is 13.8 Å². The zero-order valence-corrected chi connectivity index (χ0v) is 10.1. The minimum Gasteiger partial charge on any atom is -0.344 e. The molecule has 0 aliphatic heterocycles. The first-order chi connectivity index (χ1) is 6.52. The van der Waals surface area contributed by atoms with Crippen LogP contribution in [-0.4, -0.2) is 28.4 Å². The number of H-pyrrole nitrogens is 1. The van der Waals surface area contributed by atoms with Gasteiger partial charge in [0.1, 0.15) is 0 Å². The highest BCUT2D eigenvalue weighted by atomic mass is 32.1. The standard InChI is InChI=1S/C9H18N4S/c1-7(2)5-6-12(3)8-10-11-9(14)13(8)4/h7H,5-6H2,1-4H3,(H,11,14). The number of aromatic amines is 1. The maximum Gasteiger partial charge on any atom is 0.225 e. The van der Waals surface area contributed by atoms with Crippen LogP contribution in [0.5, 0.6) is 0 Å². The Bertz CT molecular complexity index is 339. The molecule has 0 unspecified atom stereocenters. The lowest BCUT2D eigenvalue weighted by Crippen LogP contribution is -2.23. The van der Waals surface area contributed by atoms with Crippen LogP contribution in [0.3, 0.4) is 0 Å². The van der Waals surface area contributed by atoms with Gasteiger partial charge in [-0.3, -0.25) is 4.57 Å². The Balaban J connectivity index is 2.65. The fraction of sp³-hybridized carbons (Fsp3) is 0.778. The van der Waals surface area contributed by atoms with E-state index >= 15 is 0 Å². The largest absolute Gasteiger partial charge is 0.344 e. The second-order valence-corrected chi connectivity index (χ2v) is 4.38. The zero-order valence-electron chi connectivity index (χ0n) is 9.24. The number of hydrogen-bond acceptors (Lipinski definition) is 3. The van der Waals surface area contributed by atoms with E-state index in [9.17, 15) is 0 Å². The summed E-state index contributed by atoms with van der Waals surface area (Å²) in [7, 11) is 3.96. The highest BCUT2D eigenvalue weighted by Gasteiger charge is 2.07. The van der Waals surface area contributed by atoms with E-state index in [0.717, 1.165) is 18.9 Å². The van der Waals surface area contributed by atoms with Crippen LogP contribution in [0.2, 0.25) is 0 Å². The number of anilines is 1. The predicted molar refractivity (Wildman–Crippen MR) is 61.1 cm³/mol. The minimum atomic E-state index is 0.663. The Morgan fingerprint density at radius 3 is 2.64 bits per heavy atom. The molecular weight excluding hydrogens is 196 g/mol. The summed E-state index contributed by atoms with van der Waals surface area (Å²) >= 11 is 5.05. The fourth-order valence-corrected chi connectivity index (χ4v) is 1.36. The van der Waals surface area contributed by atoms with Crippen molar-refractivity contribution in [2.24, 2.45) is 13.0 Å². The Morgan fingerprint density at radius 1 is 1.57 bits per heavy atom. The molecule has 4 nitrogen and oxygen atoms in total. The van der Waals surface area contributed by atoms with Crippen molar-refractivity contribution in [2.75, 3.05) is 18.5 Å². The van der Waals surface area contributed by atoms with Gasteiger partial charge in [0.2, 0.25) is 5.95 Å². The van der Waals surface area contributed by atoms with Crippen molar-refractivity contribution in [2.45, 2.75) is 20.3 Å². The Kier molecular flexibility index (Phi) is 3.69. The van der Waals surface area contributed by atoms with Crippen molar-refractivity contribution in [3.05, 3.63) is 4.77 Å². The molecule has 0 fully saturated rings. The van der Waals surface area contributed by atoms with Crippen LogP contribution in [-0.2, 0) is 7.05 Å². The van der Waals surface area contributed by atoms with E-state index in [-0.39, 0.29) is 0 Å². The van der Waals surface area contributed by atoms with Gasteiger partial charge in [0.05, 0.1) is 0 Å². The molecule has 14 heavy (non-hydrogen) atoms. The van der Waals surface area contributed by atoms with Crippen LogP contribution < -0.4 is 4.90 Å². The van der Waals surface area contributed by atoms with Gasteiger partial charge in [-0.15, -0.1) is 5.10 Å². The van der Waals surface area contributed by atoms with Crippen molar-refractivity contribution >= 4 is 18.2 Å². The van der Waals surface area contributed by atoms with Crippen LogP contribution in [0.25, 0.3) is 0 Å². The second-order valence-electron chi connectivity index (χ2n) is 3.99. The topological polar surface area (TPSA) is 36.9 Å². The molecule has 1 aromatic rings. The molecule has 0 bridgehead atoms. The fourth-order valence-electron chi connectivity index (χ4n) is 1.23. The smallest absolute Gasteiger partial charge is 0.225 e. The molecule has 0 aliphatic rings. The summed E-state index contributed by atoms with van der Waals surface area (Å²) in [6.07, 6.45) is 1.16. The number of nitrogens with one attached hydrogen (secondary N) is 1. The van der Waals surface area contributed by atoms with Gasteiger partial charge >= 0.3 is 0 Å². The average Bonchev–Trinajstić information content (AvgIpc) is 2.44. The second kappa shape index (κ2) is 4.59. The van der Waals surface area contributed by atoms with Gasteiger partial charge < -0.3 is 4.90 Å². The van der Waals surface area contributed by atoms with Crippen molar-refractivity contribution < 1.29 is 0 Å². The van der Waals surface area contributed by atoms with Crippen LogP contribution in [0, 0.1) is 10.7 Å². The Labute approximate surface area is 89.9 Å². The number of rotatable bonds is 4. The predicted octanol–water partition coefficient (Wildman–Crippen LogP) is 1.96. The molecule has 0 saturated carbocycles. The molecular formula is C9H18N4S. The molecule has 1 heterocycles. The molecule has 0 aliphatic carbocycles. The van der Waals surface area contributed by atoms with E-state index in [1.807, 2.05) is 18.7 Å². The van der Waals surface area contributed by atoms with Gasteiger partial charge in [-0.05, 0) is 24.6 Å². The summed E-state index contributed by atoms with van der Waals surface area (Å²) in [5.74, 6) is 1.61. The van der Waals surface area contributed by atoms with Crippen LogP contribution >= 0.6 is 12.2 Å². The molecule has 80 valence electrons. The van der Waals surface area contributed by atoms with Crippen LogP contribution in [0.15, 0.2) is 0 Å². The molecule has 5 heteroatoms. The van der Waals surface area contributed by atoms with E-state index in [2.05, 4.69) is 28.9 Å². The quantitative estimate of drug-likeness (QED) is 0.778. The molecule has 0 atom stereocenters. The molecule has 0 saturated heterocycles. The number of hydrogen-bond donors (Lipinski definition) is 1. The van der Waals surface area contributed by atoms with E-state index in [4.69, 9.17) is 12.2 Å². The maximum atomic E-state index is 5.05. The van der Waals surface area contributed by atoms with E-state index in [1.54, 1.807) is 0 Å². The first-order valence-electron chi connectivity index (χ1n) is 4.85. The SMILES string of the molecule is CC(C)CCN(C)c1n[nH]c(=S)n1C. The summed E-state index contributed by atoms with van der Waals surface area (Å²) in [5, 5.41) is 6.94. The lowest BCUT2D eigenvalue weighted by Gasteiger charge is -2.18. The first-order valence-corrected chi connectivity index (χ1v) is 5.25. The molecule has 0 radical (unpaired) electrons. The maximum absolute atomic E-state index is 5.05. The van der Waals surface area contributed by atoms with Gasteiger partial charge in [0, 0.05) is 20.6 Å². The molecule has 1 N–H and O–H groups in total. The Hall–Kier alpha value is -0.840. The normalized spacial score (nSPS) is 10.9. The van der Waals surface area contributed by atoms with Crippen molar-refractivity contribution in [3.8, 4) is 0 Å². The third-order valence-corrected chi connectivity index (χ3v) is 2.60. The lowest BCUT2D eigenvalue weighted by molar-refractivity contribution is 0.579. The molecule has 0 amide bonds. The van der Waals surface area contributed by atoms with E-state index in [0.29, 0.717) is 10.7 Å². The number of aromatic nitrogens is 3. The minimum absolute atomic E-state index is 0.663. The van der Waals surface area contributed by atoms with Gasteiger partial charge in [-0.25, -0.2) is 5.10 Å². The van der Waals surface area contributed by atoms with Crippen molar-refractivity contribution in [1.29, 1.82) is 0 Å². The van der Waals surface area contributed by atoms with E-state index < -0.39 is 0 Å². The van der Waals surface area contributed by atoms with Crippen LogP contribution in [0.4, 0.5) is 5.95 Å². The third-order valence-electron chi connectivity index (χ3n) is 2.24. The van der Waals surface area contributed by atoms with Crippen molar-refractivity contribution in [3.63, 3.8) is 0 Å². The van der Waals surface area contributed by atoms with Gasteiger partial charge in [0.15, 0.2) is 4.77 Å². The summed E-state index contributed by atoms with van der Waals surface area (Å²) in [5.41, 5.74) is 0. The van der Waals surface area contributed by atoms with E-state index in [1.165, 1.54) is 0 Å². The lowest BCUT2D eigenvalue weighted by atomic mass is 10.1. The highest BCUT2D eigenvalue weighted by molar-refractivity contribution is 7.71. The first kappa shape index (κ1) is 11.2. The zero-order chi connectivity index (χ0) is 10.7. The molecule has 0 spiro atoms. The monoisotopic (exact) mass is 214 g/mol. The number of nitrogens with zero attached hydrogens (tertiary/aromatic N) is 3. The van der Waals surface area contributed by atoms with Gasteiger partial charge in [-0.2, -0.15) is 0 Å². The summed E-state index contributed by atoms with van der Waals surface area (Å²) in [6.45, 7) is 5.44. The highest BCUT2D eigenvalue weighted by Crippen LogP contribution is 2.09. The molecule has 0 aromatic carbocycles. The summed E-state index contributed by atoms with van der Waals surface area (Å²) in [6, 6.07) is 0. The summed E-state index contributed by atoms with van der Waals surface area (Å²) in [4.78, 5) is 2.12. The van der Waals surface area contributed by atoms with Crippen molar-refractivity contribution in [1.82, 2.24) is 14.8 Å². The Morgan fingerprint density at radius 2 is 2.21 bits per heavy atom. The molecule has 1 rings (SSSR count). The van der Waals surface area contributed by atoms with Gasteiger partial charge in [0.25, 0.3) is 0 Å². The third kappa shape index (κ3) is 2.57. The van der Waals surface area contributed by atoms with Crippen LogP contribution in [0.1, 0.15) is 20.3 Å².